The predicted octanol–water partition coefficient (Wildman–Crippen LogP) is 4.71. The number of rotatable bonds is 5. The van der Waals surface area contributed by atoms with Crippen LogP contribution in [0.15, 0.2) is 53.4 Å². The van der Waals surface area contributed by atoms with Crippen LogP contribution in [0, 0.1) is 5.82 Å². The average Bonchev–Trinajstić information content (AvgIpc) is 2.69. The Hall–Kier alpha value is -0.830. The molecule has 25 heavy (non-hydrogen) atoms. The van der Waals surface area contributed by atoms with E-state index in [-0.39, 0.29) is 17.2 Å². The van der Waals surface area contributed by atoms with Gasteiger partial charge in [-0.05, 0) is 34.8 Å². The van der Waals surface area contributed by atoms with E-state index in [2.05, 4.69) is 27.9 Å². The molecule has 1 saturated heterocycles. The Morgan fingerprint density at radius 3 is 2.56 bits per heavy atom. The van der Waals surface area contributed by atoms with E-state index in [0.29, 0.717) is 6.61 Å². The standard InChI is InChI=1S/C18H20FNO2S.CH3I/c1-21-15-4-2-3-5-17(15)23-18(16-12-20-10-11-22-16)13-6-8-14(19)9-7-13;1-2/h2-9,16,18,20H,10-12H2,1H3;1H3/t16-,18-;/m1./s1. The first-order valence-corrected chi connectivity index (χ1v) is 11.1. The summed E-state index contributed by atoms with van der Waals surface area (Å²) in [6, 6.07) is 14.6. The first kappa shape index (κ1) is 20.5. The second-order valence-electron chi connectivity index (χ2n) is 5.35. The molecule has 0 aromatic heterocycles. The number of morpholine rings is 1. The Labute approximate surface area is 166 Å². The number of thioether (sulfide) groups is 1. The first-order chi connectivity index (χ1) is 12.3. The van der Waals surface area contributed by atoms with Crippen molar-refractivity contribution in [2.45, 2.75) is 16.2 Å². The summed E-state index contributed by atoms with van der Waals surface area (Å²) in [5.74, 6) is 0.617. The summed E-state index contributed by atoms with van der Waals surface area (Å²) < 4.78 is 24.7. The molecule has 0 radical (unpaired) electrons. The van der Waals surface area contributed by atoms with Crippen molar-refractivity contribution < 1.29 is 13.9 Å². The topological polar surface area (TPSA) is 30.5 Å². The highest BCUT2D eigenvalue weighted by Gasteiger charge is 2.28. The van der Waals surface area contributed by atoms with E-state index in [0.717, 1.165) is 29.3 Å². The zero-order chi connectivity index (χ0) is 18.1. The molecule has 1 aliphatic heterocycles. The lowest BCUT2D eigenvalue weighted by Gasteiger charge is -2.31. The van der Waals surface area contributed by atoms with Crippen molar-refractivity contribution in [2.75, 3.05) is 31.7 Å². The molecule has 2 aromatic carbocycles. The summed E-state index contributed by atoms with van der Waals surface area (Å²) >= 11 is 3.84. The van der Waals surface area contributed by atoms with Gasteiger partial charge in [0, 0.05) is 13.1 Å². The summed E-state index contributed by atoms with van der Waals surface area (Å²) in [5.41, 5.74) is 1.05. The third kappa shape index (κ3) is 5.84. The summed E-state index contributed by atoms with van der Waals surface area (Å²) in [6.45, 7) is 2.34. The van der Waals surface area contributed by atoms with Crippen molar-refractivity contribution in [2.24, 2.45) is 0 Å². The minimum atomic E-state index is -0.225. The fourth-order valence-corrected chi connectivity index (χ4v) is 3.96. The maximum Gasteiger partial charge on any atom is 0.132 e. The number of benzene rings is 2. The van der Waals surface area contributed by atoms with E-state index in [1.54, 1.807) is 18.9 Å². The smallest absolute Gasteiger partial charge is 0.132 e. The predicted molar refractivity (Wildman–Crippen MR) is 111 cm³/mol. The molecule has 1 heterocycles. The van der Waals surface area contributed by atoms with Gasteiger partial charge in [0.1, 0.15) is 11.6 Å². The van der Waals surface area contributed by atoms with E-state index in [1.165, 1.54) is 12.1 Å². The normalized spacial score (nSPS) is 18.0. The average molecular weight is 475 g/mol. The first-order valence-electron chi connectivity index (χ1n) is 8.03. The van der Waals surface area contributed by atoms with Gasteiger partial charge < -0.3 is 14.8 Å². The van der Waals surface area contributed by atoms with Gasteiger partial charge in [-0.25, -0.2) is 4.39 Å². The van der Waals surface area contributed by atoms with Crippen molar-refractivity contribution in [1.29, 1.82) is 0 Å². The highest BCUT2D eigenvalue weighted by molar-refractivity contribution is 14.1. The number of hydrogen-bond acceptors (Lipinski definition) is 4. The molecule has 2 atom stereocenters. The van der Waals surface area contributed by atoms with Gasteiger partial charge in [-0.2, -0.15) is 0 Å². The molecule has 0 saturated carbocycles. The Morgan fingerprint density at radius 2 is 1.92 bits per heavy atom. The van der Waals surface area contributed by atoms with Crippen LogP contribution in [-0.2, 0) is 4.74 Å². The van der Waals surface area contributed by atoms with E-state index < -0.39 is 0 Å². The Morgan fingerprint density at radius 1 is 1.20 bits per heavy atom. The lowest BCUT2D eigenvalue weighted by Crippen LogP contribution is -2.41. The van der Waals surface area contributed by atoms with Crippen LogP contribution >= 0.6 is 34.4 Å². The fourth-order valence-electron chi connectivity index (χ4n) is 2.64. The van der Waals surface area contributed by atoms with E-state index >= 15 is 0 Å². The van der Waals surface area contributed by atoms with Gasteiger partial charge >= 0.3 is 0 Å². The van der Waals surface area contributed by atoms with E-state index in [9.17, 15) is 4.39 Å². The van der Waals surface area contributed by atoms with Gasteiger partial charge in [0.05, 0.1) is 30.0 Å². The Bertz CT molecular complexity index is 636. The fraction of sp³-hybridized carbons (Fsp3) is 0.368. The van der Waals surface area contributed by atoms with Crippen molar-refractivity contribution in [3.63, 3.8) is 0 Å². The second kappa shape index (κ2) is 11.0. The summed E-state index contributed by atoms with van der Waals surface area (Å²) in [4.78, 5) is 3.02. The summed E-state index contributed by atoms with van der Waals surface area (Å²) in [7, 11) is 1.67. The van der Waals surface area contributed by atoms with Gasteiger partial charge in [0.25, 0.3) is 0 Å². The van der Waals surface area contributed by atoms with Gasteiger partial charge in [-0.15, -0.1) is 11.8 Å². The number of hydrogen-bond donors (Lipinski definition) is 1. The molecule has 0 amide bonds. The van der Waals surface area contributed by atoms with Crippen LogP contribution in [0.3, 0.4) is 0 Å². The van der Waals surface area contributed by atoms with Crippen LogP contribution in [0.4, 0.5) is 4.39 Å². The quantitative estimate of drug-likeness (QED) is 0.386. The number of methoxy groups -OCH3 is 1. The number of ether oxygens (including phenoxy) is 2. The van der Waals surface area contributed by atoms with Crippen LogP contribution in [0.2, 0.25) is 0 Å². The molecule has 0 bridgehead atoms. The second-order valence-corrected chi connectivity index (χ2v) is 6.54. The summed E-state index contributed by atoms with van der Waals surface area (Å²) in [5, 5.41) is 3.44. The minimum Gasteiger partial charge on any atom is -0.496 e. The van der Waals surface area contributed by atoms with Crippen molar-refractivity contribution in [3.8, 4) is 5.75 Å². The van der Waals surface area contributed by atoms with Crippen LogP contribution in [0.25, 0.3) is 0 Å². The van der Waals surface area contributed by atoms with E-state index in [4.69, 9.17) is 9.47 Å². The highest BCUT2D eigenvalue weighted by Crippen LogP contribution is 2.42. The maximum atomic E-state index is 13.3. The lowest BCUT2D eigenvalue weighted by molar-refractivity contribution is 0.0273. The summed E-state index contributed by atoms with van der Waals surface area (Å²) in [6.07, 6.45) is 0.0316. The van der Waals surface area contributed by atoms with Gasteiger partial charge in [0.15, 0.2) is 0 Å². The van der Waals surface area contributed by atoms with Gasteiger partial charge in [0.2, 0.25) is 0 Å². The molecule has 6 heteroatoms. The molecule has 0 aliphatic carbocycles. The van der Waals surface area contributed by atoms with Crippen LogP contribution < -0.4 is 10.1 Å². The third-order valence-corrected chi connectivity index (χ3v) is 5.24. The molecular formula is C19H23FINO2S. The molecular weight excluding hydrogens is 452 g/mol. The third-order valence-electron chi connectivity index (χ3n) is 3.82. The monoisotopic (exact) mass is 475 g/mol. The van der Waals surface area contributed by atoms with Crippen LogP contribution in [-0.4, -0.2) is 37.8 Å². The van der Waals surface area contributed by atoms with Crippen molar-refractivity contribution in [1.82, 2.24) is 5.32 Å². The Balaban J connectivity index is 0.00000109. The zero-order valence-electron chi connectivity index (χ0n) is 14.4. The SMILES string of the molecule is CI.COc1ccccc1S[C@H](c1ccc(F)cc1)[C@H]1CNCCO1. The minimum absolute atomic E-state index is 0.0316. The molecule has 3 nitrogen and oxygen atoms in total. The molecule has 0 unspecified atom stereocenters. The van der Waals surface area contributed by atoms with E-state index in [1.807, 2.05) is 41.3 Å². The van der Waals surface area contributed by atoms with Crippen molar-refractivity contribution >= 4 is 34.4 Å². The highest BCUT2D eigenvalue weighted by atomic mass is 127. The van der Waals surface area contributed by atoms with Crippen LogP contribution in [0.5, 0.6) is 5.75 Å². The molecule has 136 valence electrons. The van der Waals surface area contributed by atoms with Crippen LogP contribution in [0.1, 0.15) is 10.8 Å². The number of halogens is 2. The molecule has 3 rings (SSSR count). The number of nitrogens with one attached hydrogen (secondary N) is 1. The lowest BCUT2D eigenvalue weighted by atomic mass is 10.1. The Kier molecular flexibility index (Phi) is 9.02. The molecule has 1 fully saturated rings. The zero-order valence-corrected chi connectivity index (χ0v) is 17.3. The molecule has 1 N–H and O–H groups in total. The molecule has 0 spiro atoms. The number of alkyl halides is 1. The largest absolute Gasteiger partial charge is 0.496 e. The van der Waals surface area contributed by atoms with Gasteiger partial charge in [-0.3, -0.25) is 0 Å². The van der Waals surface area contributed by atoms with Crippen molar-refractivity contribution in [3.05, 3.63) is 59.9 Å². The molecule has 1 aliphatic rings. The molecule has 2 aromatic rings. The maximum absolute atomic E-state index is 13.3. The number of para-hydroxylation sites is 1. The van der Waals surface area contributed by atoms with Gasteiger partial charge in [-0.1, -0.05) is 46.9 Å².